The van der Waals surface area contributed by atoms with Crippen LogP contribution in [0.5, 0.6) is 11.8 Å². The van der Waals surface area contributed by atoms with Crippen LogP contribution < -0.4 is 9.47 Å². The van der Waals surface area contributed by atoms with Gasteiger partial charge in [0.15, 0.2) is 5.60 Å². The Hall–Kier alpha value is -4.35. The van der Waals surface area contributed by atoms with Gasteiger partial charge >= 0.3 is 11.8 Å². The van der Waals surface area contributed by atoms with Gasteiger partial charge in [-0.2, -0.15) is 0 Å². The molecule has 0 bridgehead atoms. The van der Waals surface area contributed by atoms with Gasteiger partial charge in [-0.3, -0.25) is 4.57 Å². The highest BCUT2D eigenvalue weighted by Gasteiger charge is 2.41. The maximum absolute atomic E-state index is 14.0. The highest BCUT2D eigenvalue weighted by Crippen LogP contribution is 2.31. The maximum atomic E-state index is 14.0. The number of nitro groups is 1. The normalized spacial score (nSPS) is 16.9. The fraction of sp³-hybridized carbons (Fsp3) is 0.190. The minimum absolute atomic E-state index is 0.138. The van der Waals surface area contributed by atoms with Gasteiger partial charge in [0.1, 0.15) is 35.9 Å². The van der Waals surface area contributed by atoms with E-state index in [9.17, 15) is 18.9 Å². The van der Waals surface area contributed by atoms with E-state index < -0.39 is 22.2 Å². The molecular formula is C21H16F2N6O4. The highest BCUT2D eigenvalue weighted by atomic mass is 19.1. The minimum atomic E-state index is -0.756. The lowest BCUT2D eigenvalue weighted by molar-refractivity contribution is -0.389. The van der Waals surface area contributed by atoms with Crippen molar-refractivity contribution < 1.29 is 23.2 Å². The first kappa shape index (κ1) is 20.5. The molecule has 1 aliphatic rings. The van der Waals surface area contributed by atoms with Crippen LogP contribution >= 0.6 is 0 Å². The molecule has 5 rings (SSSR count). The van der Waals surface area contributed by atoms with Gasteiger partial charge in [-0.1, -0.05) is 11.3 Å². The van der Waals surface area contributed by atoms with Crippen LogP contribution in [-0.4, -0.2) is 41.7 Å². The first-order chi connectivity index (χ1) is 15.8. The van der Waals surface area contributed by atoms with Crippen molar-refractivity contribution in [2.24, 2.45) is 0 Å². The zero-order valence-corrected chi connectivity index (χ0v) is 17.2. The molecule has 168 valence electrons. The summed E-state index contributed by atoms with van der Waals surface area (Å²) in [6.45, 7) is 2.33. The first-order valence-corrected chi connectivity index (χ1v) is 9.81. The monoisotopic (exact) mass is 454 g/mol. The van der Waals surface area contributed by atoms with Crippen molar-refractivity contribution in [2.75, 3.05) is 6.61 Å². The Balaban J connectivity index is 1.29. The van der Waals surface area contributed by atoms with Gasteiger partial charge < -0.3 is 19.6 Å². The van der Waals surface area contributed by atoms with Crippen molar-refractivity contribution in [1.82, 2.24) is 24.5 Å². The van der Waals surface area contributed by atoms with E-state index in [1.165, 1.54) is 23.1 Å². The molecule has 0 amide bonds. The van der Waals surface area contributed by atoms with Gasteiger partial charge in [0.25, 0.3) is 0 Å². The zero-order chi connectivity index (χ0) is 23.2. The van der Waals surface area contributed by atoms with E-state index in [0.717, 1.165) is 12.1 Å². The summed E-state index contributed by atoms with van der Waals surface area (Å²) >= 11 is 0. The zero-order valence-electron chi connectivity index (χ0n) is 17.2. The molecule has 33 heavy (non-hydrogen) atoms. The minimum Gasteiger partial charge on any atom is -0.489 e. The highest BCUT2D eigenvalue weighted by molar-refractivity contribution is 5.59. The third kappa shape index (κ3) is 3.97. The Labute approximate surface area is 185 Å². The van der Waals surface area contributed by atoms with Gasteiger partial charge in [0, 0.05) is 22.7 Å². The summed E-state index contributed by atoms with van der Waals surface area (Å²) < 4.78 is 41.9. The molecule has 3 heterocycles. The van der Waals surface area contributed by atoms with E-state index in [1.807, 2.05) is 6.92 Å². The van der Waals surface area contributed by atoms with Gasteiger partial charge in [-0.15, -0.1) is 5.10 Å². The summed E-state index contributed by atoms with van der Waals surface area (Å²) in [5.41, 5.74) is 0.261. The van der Waals surface area contributed by atoms with E-state index >= 15 is 0 Å². The number of imidazole rings is 1. The number of hydrogen-bond donors (Lipinski definition) is 0. The Bertz CT molecular complexity index is 1350. The molecule has 10 nitrogen and oxygen atoms in total. The summed E-state index contributed by atoms with van der Waals surface area (Å²) in [5, 5.41) is 18.8. The predicted molar refractivity (Wildman–Crippen MR) is 110 cm³/mol. The average molecular weight is 454 g/mol. The predicted octanol–water partition coefficient (Wildman–Crippen LogP) is 3.55. The summed E-state index contributed by atoms with van der Waals surface area (Å²) in [6, 6.07) is 10.4. The lowest BCUT2D eigenvalue weighted by atomic mass is 10.1. The second-order valence-electron chi connectivity index (χ2n) is 7.78. The van der Waals surface area contributed by atoms with Crippen LogP contribution in [-0.2, 0) is 6.54 Å². The standard InChI is InChI=1S/C21H16F2N6O4/c1-21(11-27-10-19(29(30)31)24-20(27)33-21)12-32-15-4-2-3-14(8-15)28-9-18(25-26-28)16-6-5-13(22)7-17(16)23/h2-10H,11-12H2,1H3/t21-/m1/s1. The summed E-state index contributed by atoms with van der Waals surface area (Å²) in [4.78, 5) is 14.1. The number of halogens is 2. The van der Waals surface area contributed by atoms with Gasteiger partial charge in [0.2, 0.25) is 0 Å². The van der Waals surface area contributed by atoms with Crippen molar-refractivity contribution in [3.05, 3.63) is 76.6 Å². The Morgan fingerprint density at radius 3 is 2.85 bits per heavy atom. The quantitative estimate of drug-likeness (QED) is 0.324. The first-order valence-electron chi connectivity index (χ1n) is 9.81. The van der Waals surface area contributed by atoms with Crippen LogP contribution in [0.3, 0.4) is 0 Å². The topological polar surface area (TPSA) is 110 Å². The van der Waals surface area contributed by atoms with Crippen molar-refractivity contribution in [2.45, 2.75) is 19.1 Å². The van der Waals surface area contributed by atoms with Crippen molar-refractivity contribution in [3.63, 3.8) is 0 Å². The van der Waals surface area contributed by atoms with Crippen LogP contribution in [0.2, 0.25) is 0 Å². The van der Waals surface area contributed by atoms with Crippen molar-refractivity contribution >= 4 is 5.82 Å². The molecule has 0 radical (unpaired) electrons. The third-order valence-corrected chi connectivity index (χ3v) is 5.08. The number of aromatic nitrogens is 5. The van der Waals surface area contributed by atoms with Crippen LogP contribution in [0.15, 0.2) is 54.9 Å². The molecule has 4 aromatic rings. The average Bonchev–Trinajstić information content (AvgIpc) is 3.47. The Morgan fingerprint density at radius 2 is 2.09 bits per heavy atom. The lowest BCUT2D eigenvalue weighted by Crippen LogP contribution is -2.38. The molecular weight excluding hydrogens is 438 g/mol. The van der Waals surface area contributed by atoms with Gasteiger partial charge in [-0.25, -0.2) is 13.5 Å². The number of hydrogen-bond acceptors (Lipinski definition) is 7. The molecule has 0 N–H and O–H groups in total. The third-order valence-electron chi connectivity index (χ3n) is 5.08. The molecule has 0 saturated carbocycles. The number of fused-ring (bicyclic) bond motifs is 1. The molecule has 12 heteroatoms. The maximum Gasteiger partial charge on any atom is 0.415 e. The molecule has 2 aromatic heterocycles. The number of benzene rings is 2. The molecule has 0 fully saturated rings. The number of ether oxygens (including phenoxy) is 2. The summed E-state index contributed by atoms with van der Waals surface area (Å²) in [5.74, 6) is -1.14. The molecule has 1 atom stereocenters. The smallest absolute Gasteiger partial charge is 0.415 e. The molecule has 1 aliphatic heterocycles. The van der Waals surface area contributed by atoms with Crippen LogP contribution in [0.25, 0.3) is 16.9 Å². The summed E-state index contributed by atoms with van der Waals surface area (Å²) in [7, 11) is 0. The van der Waals surface area contributed by atoms with Crippen molar-refractivity contribution in [3.8, 4) is 28.7 Å². The van der Waals surface area contributed by atoms with E-state index in [2.05, 4.69) is 15.3 Å². The number of rotatable bonds is 6. The van der Waals surface area contributed by atoms with Crippen molar-refractivity contribution in [1.29, 1.82) is 0 Å². The SMILES string of the molecule is C[C@]1(COc2cccc(-n3cc(-c4ccc(F)cc4F)nn3)c2)Cn2cc([N+](=O)[O-])nc2O1. The lowest BCUT2D eigenvalue weighted by Gasteiger charge is -2.22. The van der Waals surface area contributed by atoms with Gasteiger partial charge in [-0.05, 0) is 36.1 Å². The molecule has 2 aromatic carbocycles. The fourth-order valence-corrected chi connectivity index (χ4v) is 3.52. The second-order valence-corrected chi connectivity index (χ2v) is 7.78. The van der Waals surface area contributed by atoms with Crippen LogP contribution in [0.4, 0.5) is 14.6 Å². The van der Waals surface area contributed by atoms with Crippen LogP contribution in [0, 0.1) is 21.7 Å². The van der Waals surface area contributed by atoms with E-state index in [4.69, 9.17) is 9.47 Å². The Kier molecular flexibility index (Phi) is 4.77. The van der Waals surface area contributed by atoms with E-state index in [-0.39, 0.29) is 29.7 Å². The number of nitrogens with zero attached hydrogens (tertiary/aromatic N) is 6. The largest absolute Gasteiger partial charge is 0.489 e. The molecule has 0 saturated heterocycles. The molecule has 0 spiro atoms. The second kappa shape index (κ2) is 7.65. The summed E-state index contributed by atoms with van der Waals surface area (Å²) in [6.07, 6.45) is 2.86. The molecule has 0 unspecified atom stereocenters. The van der Waals surface area contributed by atoms with E-state index in [1.54, 1.807) is 28.8 Å². The fourth-order valence-electron chi connectivity index (χ4n) is 3.52. The molecule has 0 aliphatic carbocycles. The Morgan fingerprint density at radius 1 is 1.24 bits per heavy atom. The van der Waals surface area contributed by atoms with E-state index in [0.29, 0.717) is 18.0 Å². The van der Waals surface area contributed by atoms with Gasteiger partial charge in [0.05, 0.1) is 18.4 Å². The van der Waals surface area contributed by atoms with Crippen LogP contribution in [0.1, 0.15) is 6.92 Å².